The summed E-state index contributed by atoms with van der Waals surface area (Å²) in [5.41, 5.74) is 5.87. The second-order valence-corrected chi connectivity index (χ2v) is 4.45. The fourth-order valence-corrected chi connectivity index (χ4v) is 1.84. The van der Waals surface area contributed by atoms with Crippen LogP contribution in [0.5, 0.6) is 0 Å². The summed E-state index contributed by atoms with van der Waals surface area (Å²) in [7, 11) is 1.62. The van der Waals surface area contributed by atoms with E-state index < -0.39 is 6.04 Å². The Bertz CT molecular complexity index is 206. The highest BCUT2D eigenvalue weighted by Crippen LogP contribution is 2.11. The first kappa shape index (κ1) is 16.4. The maximum Gasteiger partial charge on any atom is 0.239 e. The number of nitrogens with two attached hydrogens (primary N) is 1. The second kappa shape index (κ2) is 9.42. The van der Waals surface area contributed by atoms with Crippen molar-refractivity contribution in [1.82, 2.24) is 4.90 Å². The summed E-state index contributed by atoms with van der Waals surface area (Å²) in [5.74, 6) is 0.630. The molecule has 0 aromatic rings. The molecule has 0 bridgehead atoms. The Labute approximate surface area is 105 Å². The smallest absolute Gasteiger partial charge is 0.239 e. The van der Waals surface area contributed by atoms with Gasteiger partial charge in [-0.05, 0) is 19.3 Å². The van der Waals surface area contributed by atoms with Crippen molar-refractivity contribution in [3.8, 4) is 0 Å². The number of amides is 1. The highest BCUT2D eigenvalue weighted by atomic mass is 16.5. The van der Waals surface area contributed by atoms with Crippen molar-refractivity contribution in [3.63, 3.8) is 0 Å². The highest BCUT2D eigenvalue weighted by Gasteiger charge is 2.21. The van der Waals surface area contributed by atoms with Crippen LogP contribution in [0.1, 0.15) is 40.0 Å². The molecule has 1 unspecified atom stereocenters. The minimum Gasteiger partial charge on any atom is -0.385 e. The summed E-state index contributed by atoms with van der Waals surface area (Å²) >= 11 is 0. The molecule has 0 rings (SSSR count). The van der Waals surface area contributed by atoms with Gasteiger partial charge in [-0.3, -0.25) is 4.79 Å². The molecule has 0 aliphatic heterocycles. The molecule has 2 N–H and O–H groups in total. The van der Waals surface area contributed by atoms with Crippen molar-refractivity contribution in [2.24, 2.45) is 11.7 Å². The first-order chi connectivity index (χ1) is 8.10. The van der Waals surface area contributed by atoms with Crippen LogP contribution in [0.4, 0.5) is 0 Å². The Morgan fingerprint density at radius 3 is 2.29 bits per heavy atom. The maximum absolute atomic E-state index is 12.1. The van der Waals surface area contributed by atoms with Crippen molar-refractivity contribution < 1.29 is 9.53 Å². The van der Waals surface area contributed by atoms with E-state index in [2.05, 4.69) is 13.8 Å². The summed E-state index contributed by atoms with van der Waals surface area (Å²) in [5, 5.41) is 0. The van der Waals surface area contributed by atoms with E-state index in [1.54, 1.807) is 7.11 Å². The third-order valence-electron chi connectivity index (χ3n) is 3.28. The molecule has 4 heteroatoms. The molecule has 4 nitrogen and oxygen atoms in total. The number of rotatable bonds is 9. The van der Waals surface area contributed by atoms with Crippen molar-refractivity contribution in [3.05, 3.63) is 0 Å². The molecule has 17 heavy (non-hydrogen) atoms. The zero-order valence-electron chi connectivity index (χ0n) is 11.7. The van der Waals surface area contributed by atoms with Crippen molar-refractivity contribution in [1.29, 1.82) is 0 Å². The third kappa shape index (κ3) is 6.03. The first-order valence-electron chi connectivity index (χ1n) is 6.63. The van der Waals surface area contributed by atoms with Crippen LogP contribution in [0.25, 0.3) is 0 Å². The molecular weight excluding hydrogens is 216 g/mol. The molecule has 0 aromatic carbocycles. The van der Waals surface area contributed by atoms with E-state index in [0.717, 1.165) is 25.9 Å². The van der Waals surface area contributed by atoms with E-state index in [4.69, 9.17) is 10.5 Å². The van der Waals surface area contributed by atoms with Crippen molar-refractivity contribution in [2.45, 2.75) is 46.1 Å². The van der Waals surface area contributed by atoms with E-state index in [0.29, 0.717) is 18.9 Å². The zero-order valence-corrected chi connectivity index (χ0v) is 11.7. The average molecular weight is 244 g/mol. The fraction of sp³-hybridized carbons (Fsp3) is 0.923. The number of likely N-dealkylation sites (N-methyl/N-ethyl adjacent to an activating group) is 1. The maximum atomic E-state index is 12.1. The molecule has 0 aliphatic carbocycles. The van der Waals surface area contributed by atoms with Gasteiger partial charge in [0, 0.05) is 26.8 Å². The number of ether oxygens (including phenoxy) is 1. The Kier molecular flexibility index (Phi) is 9.09. The highest BCUT2D eigenvalue weighted by molar-refractivity contribution is 5.81. The first-order valence-corrected chi connectivity index (χ1v) is 6.63. The molecule has 0 saturated heterocycles. The molecule has 0 radical (unpaired) electrons. The molecule has 0 heterocycles. The van der Waals surface area contributed by atoms with Crippen LogP contribution >= 0.6 is 0 Å². The topological polar surface area (TPSA) is 55.6 Å². The third-order valence-corrected chi connectivity index (χ3v) is 3.28. The van der Waals surface area contributed by atoms with Crippen molar-refractivity contribution >= 4 is 5.91 Å². The fourth-order valence-electron chi connectivity index (χ4n) is 1.84. The van der Waals surface area contributed by atoms with Gasteiger partial charge in [-0.15, -0.1) is 0 Å². The van der Waals surface area contributed by atoms with Gasteiger partial charge < -0.3 is 15.4 Å². The number of carbonyl (C=O) groups excluding carboxylic acids is 1. The molecule has 102 valence electrons. The van der Waals surface area contributed by atoms with Crippen LogP contribution in [0.15, 0.2) is 0 Å². The van der Waals surface area contributed by atoms with Crippen LogP contribution in [-0.4, -0.2) is 43.7 Å². The SMILES string of the molecule is CCC(CC)CN(CC)C(=O)C(N)CCOC. The zero-order chi connectivity index (χ0) is 13.3. The Morgan fingerprint density at radius 2 is 1.88 bits per heavy atom. The lowest BCUT2D eigenvalue weighted by atomic mass is 10.0. The van der Waals surface area contributed by atoms with E-state index in [-0.39, 0.29) is 5.91 Å². The number of carbonyl (C=O) groups is 1. The van der Waals surface area contributed by atoms with Gasteiger partial charge in [0.15, 0.2) is 0 Å². The molecule has 1 atom stereocenters. The summed E-state index contributed by atoms with van der Waals surface area (Å²) in [4.78, 5) is 14.0. The number of methoxy groups -OCH3 is 1. The Balaban J connectivity index is 4.28. The second-order valence-electron chi connectivity index (χ2n) is 4.45. The van der Waals surface area contributed by atoms with Crippen molar-refractivity contribution in [2.75, 3.05) is 26.8 Å². The van der Waals surface area contributed by atoms with Gasteiger partial charge in [-0.1, -0.05) is 26.7 Å². The lowest BCUT2D eigenvalue weighted by molar-refractivity contribution is -0.133. The Morgan fingerprint density at radius 1 is 1.29 bits per heavy atom. The number of nitrogens with zero attached hydrogens (tertiary/aromatic N) is 1. The number of hydrogen-bond donors (Lipinski definition) is 1. The normalized spacial score (nSPS) is 12.8. The van der Waals surface area contributed by atoms with Gasteiger partial charge in [-0.25, -0.2) is 0 Å². The van der Waals surface area contributed by atoms with Crippen LogP contribution in [0, 0.1) is 5.92 Å². The molecule has 0 saturated carbocycles. The van der Waals surface area contributed by atoms with Gasteiger partial charge in [0.1, 0.15) is 0 Å². The largest absolute Gasteiger partial charge is 0.385 e. The van der Waals surface area contributed by atoms with Crippen LogP contribution < -0.4 is 5.73 Å². The lowest BCUT2D eigenvalue weighted by Crippen LogP contribution is -2.46. The molecule has 0 aromatic heterocycles. The summed E-state index contributed by atoms with van der Waals surface area (Å²) in [6.07, 6.45) is 2.80. The van der Waals surface area contributed by atoms with E-state index >= 15 is 0 Å². The molecule has 0 fully saturated rings. The van der Waals surface area contributed by atoms with Gasteiger partial charge in [-0.2, -0.15) is 0 Å². The quantitative estimate of drug-likeness (QED) is 0.671. The monoisotopic (exact) mass is 244 g/mol. The molecular formula is C13H28N2O2. The molecule has 1 amide bonds. The van der Waals surface area contributed by atoms with Crippen LogP contribution in [0.3, 0.4) is 0 Å². The van der Waals surface area contributed by atoms with E-state index in [1.165, 1.54) is 0 Å². The van der Waals surface area contributed by atoms with Crippen LogP contribution in [-0.2, 0) is 9.53 Å². The van der Waals surface area contributed by atoms with Gasteiger partial charge >= 0.3 is 0 Å². The Hall–Kier alpha value is -0.610. The number of hydrogen-bond acceptors (Lipinski definition) is 3. The predicted octanol–water partition coefficient (Wildman–Crippen LogP) is 1.63. The standard InChI is InChI=1S/C13H28N2O2/c1-5-11(6-2)10-15(7-3)13(16)12(14)8-9-17-4/h11-12H,5-10,14H2,1-4H3. The molecule has 0 spiro atoms. The van der Waals surface area contributed by atoms with Gasteiger partial charge in [0.2, 0.25) is 5.91 Å². The summed E-state index contributed by atoms with van der Waals surface area (Å²) in [6.45, 7) is 8.42. The lowest BCUT2D eigenvalue weighted by Gasteiger charge is -2.27. The predicted molar refractivity (Wildman–Crippen MR) is 70.8 cm³/mol. The average Bonchev–Trinajstić information content (AvgIpc) is 2.36. The van der Waals surface area contributed by atoms with E-state index in [1.807, 2.05) is 11.8 Å². The minimum absolute atomic E-state index is 0.0523. The van der Waals surface area contributed by atoms with E-state index in [9.17, 15) is 4.79 Å². The summed E-state index contributed by atoms with van der Waals surface area (Å²) in [6, 6.07) is -0.427. The summed E-state index contributed by atoms with van der Waals surface area (Å²) < 4.78 is 4.95. The van der Waals surface area contributed by atoms with Gasteiger partial charge in [0.25, 0.3) is 0 Å². The van der Waals surface area contributed by atoms with Crippen LogP contribution in [0.2, 0.25) is 0 Å². The molecule has 0 aliphatic rings. The minimum atomic E-state index is -0.427. The van der Waals surface area contributed by atoms with Gasteiger partial charge in [0.05, 0.1) is 6.04 Å².